The van der Waals surface area contributed by atoms with E-state index in [2.05, 4.69) is 10.2 Å². The molecular weight excluding hydrogens is 382 g/mol. The summed E-state index contributed by atoms with van der Waals surface area (Å²) in [5.74, 6) is 0.266. The fourth-order valence-corrected chi connectivity index (χ4v) is 5.18. The molecule has 1 heterocycles. The SMILES string of the molecule is Cc1n[nH]c(C)c1-c1ccc(CN(CC(C)C)S(=O)(=O)Cc2ccccc2)cc1. The Morgan fingerprint density at radius 1 is 0.966 bits per heavy atom. The lowest BCUT2D eigenvalue weighted by atomic mass is 10.0. The van der Waals surface area contributed by atoms with E-state index in [0.717, 1.165) is 33.6 Å². The van der Waals surface area contributed by atoms with Crippen LogP contribution in [0, 0.1) is 19.8 Å². The van der Waals surface area contributed by atoms with E-state index in [1.165, 1.54) is 0 Å². The summed E-state index contributed by atoms with van der Waals surface area (Å²) in [7, 11) is -3.42. The number of aromatic nitrogens is 2. The third-order valence-corrected chi connectivity index (χ3v) is 6.65. The van der Waals surface area contributed by atoms with Gasteiger partial charge in [-0.1, -0.05) is 68.4 Å². The van der Waals surface area contributed by atoms with Gasteiger partial charge in [0.2, 0.25) is 10.0 Å². The number of rotatable bonds is 8. The monoisotopic (exact) mass is 411 g/mol. The highest BCUT2D eigenvalue weighted by molar-refractivity contribution is 7.88. The van der Waals surface area contributed by atoms with Gasteiger partial charge in [-0.2, -0.15) is 9.40 Å². The van der Waals surface area contributed by atoms with Crippen molar-refractivity contribution >= 4 is 10.0 Å². The Kier molecular flexibility index (Phi) is 6.55. The van der Waals surface area contributed by atoms with Gasteiger partial charge >= 0.3 is 0 Å². The quantitative estimate of drug-likeness (QED) is 0.585. The summed E-state index contributed by atoms with van der Waals surface area (Å²) in [5, 5.41) is 7.26. The second kappa shape index (κ2) is 8.93. The van der Waals surface area contributed by atoms with Crippen molar-refractivity contribution in [1.82, 2.24) is 14.5 Å². The van der Waals surface area contributed by atoms with Gasteiger partial charge in [0, 0.05) is 24.3 Å². The van der Waals surface area contributed by atoms with Gasteiger partial charge in [0.1, 0.15) is 0 Å². The topological polar surface area (TPSA) is 66.1 Å². The zero-order chi connectivity index (χ0) is 21.0. The van der Waals surface area contributed by atoms with E-state index in [1.807, 2.05) is 82.3 Å². The average molecular weight is 412 g/mol. The molecule has 1 aromatic heterocycles. The number of benzene rings is 2. The largest absolute Gasteiger partial charge is 0.282 e. The summed E-state index contributed by atoms with van der Waals surface area (Å²) in [6, 6.07) is 17.4. The molecule has 3 aromatic rings. The first kappa shape index (κ1) is 21.3. The Morgan fingerprint density at radius 2 is 1.62 bits per heavy atom. The molecule has 0 saturated heterocycles. The molecule has 0 atom stereocenters. The molecule has 154 valence electrons. The standard InChI is InChI=1S/C23H29N3O2S/c1-17(2)14-26(29(27,28)16-21-8-6-5-7-9-21)15-20-10-12-22(13-11-20)23-18(3)24-25-19(23)4/h5-13,17H,14-16H2,1-4H3,(H,24,25). The Balaban J connectivity index is 1.81. The summed E-state index contributed by atoms with van der Waals surface area (Å²) in [4.78, 5) is 0. The molecule has 0 spiro atoms. The molecule has 0 aliphatic heterocycles. The average Bonchev–Trinajstić information content (AvgIpc) is 3.00. The molecule has 0 aliphatic carbocycles. The highest BCUT2D eigenvalue weighted by Gasteiger charge is 2.23. The van der Waals surface area contributed by atoms with Gasteiger partial charge in [-0.25, -0.2) is 8.42 Å². The third kappa shape index (κ3) is 5.34. The van der Waals surface area contributed by atoms with Gasteiger partial charge in [-0.3, -0.25) is 5.10 Å². The minimum atomic E-state index is -3.42. The van der Waals surface area contributed by atoms with Gasteiger partial charge in [0.05, 0.1) is 11.4 Å². The number of aryl methyl sites for hydroxylation is 2. The van der Waals surface area contributed by atoms with E-state index in [-0.39, 0.29) is 11.7 Å². The van der Waals surface area contributed by atoms with Crippen LogP contribution in [0.3, 0.4) is 0 Å². The number of sulfonamides is 1. The van der Waals surface area contributed by atoms with Crippen molar-refractivity contribution in [2.45, 2.75) is 40.0 Å². The smallest absolute Gasteiger partial charge is 0.218 e. The summed E-state index contributed by atoms with van der Waals surface area (Å²) >= 11 is 0. The van der Waals surface area contributed by atoms with Gasteiger partial charge < -0.3 is 0 Å². The van der Waals surface area contributed by atoms with Crippen molar-refractivity contribution in [2.75, 3.05) is 6.54 Å². The molecule has 0 fully saturated rings. The highest BCUT2D eigenvalue weighted by Crippen LogP contribution is 2.26. The molecule has 0 amide bonds. The molecule has 0 saturated carbocycles. The van der Waals surface area contributed by atoms with E-state index in [1.54, 1.807) is 4.31 Å². The van der Waals surface area contributed by atoms with Crippen molar-refractivity contribution in [3.8, 4) is 11.1 Å². The van der Waals surface area contributed by atoms with Crippen LogP contribution in [0.2, 0.25) is 0 Å². The fraction of sp³-hybridized carbons (Fsp3) is 0.348. The zero-order valence-corrected chi connectivity index (χ0v) is 18.3. The van der Waals surface area contributed by atoms with Crippen molar-refractivity contribution in [1.29, 1.82) is 0 Å². The van der Waals surface area contributed by atoms with E-state index in [9.17, 15) is 8.42 Å². The first-order chi connectivity index (χ1) is 13.8. The Bertz CT molecular complexity index is 1020. The third-order valence-electron chi connectivity index (χ3n) is 4.88. The van der Waals surface area contributed by atoms with Crippen LogP contribution < -0.4 is 0 Å². The molecule has 0 unspecified atom stereocenters. The van der Waals surface area contributed by atoms with E-state index in [4.69, 9.17) is 0 Å². The van der Waals surface area contributed by atoms with Crippen LogP contribution in [0.1, 0.15) is 36.4 Å². The lowest BCUT2D eigenvalue weighted by Crippen LogP contribution is -2.34. The van der Waals surface area contributed by atoms with Crippen LogP contribution in [0.4, 0.5) is 0 Å². The van der Waals surface area contributed by atoms with Crippen LogP contribution in [0.5, 0.6) is 0 Å². The molecule has 0 bridgehead atoms. The van der Waals surface area contributed by atoms with E-state index >= 15 is 0 Å². The molecule has 29 heavy (non-hydrogen) atoms. The molecule has 6 heteroatoms. The molecule has 0 aliphatic rings. The number of hydrogen-bond acceptors (Lipinski definition) is 3. The maximum absolute atomic E-state index is 13.1. The normalized spacial score (nSPS) is 12.1. The molecule has 0 radical (unpaired) electrons. The number of H-pyrrole nitrogens is 1. The van der Waals surface area contributed by atoms with Gasteiger partial charge in [0.25, 0.3) is 0 Å². The predicted octanol–water partition coefficient (Wildman–Crippen LogP) is 4.68. The fourth-order valence-electron chi connectivity index (χ4n) is 3.52. The van der Waals surface area contributed by atoms with Crippen LogP contribution in [-0.4, -0.2) is 29.5 Å². The minimum Gasteiger partial charge on any atom is -0.282 e. The van der Waals surface area contributed by atoms with E-state index in [0.29, 0.717) is 13.1 Å². The maximum Gasteiger partial charge on any atom is 0.218 e. The Hall–Kier alpha value is -2.44. The zero-order valence-electron chi connectivity index (χ0n) is 17.5. The molecule has 5 nitrogen and oxygen atoms in total. The summed E-state index contributed by atoms with van der Waals surface area (Å²) in [6.07, 6.45) is 0. The molecular formula is C23H29N3O2S. The number of hydrogen-bond donors (Lipinski definition) is 1. The number of nitrogens with one attached hydrogen (secondary N) is 1. The second-order valence-corrected chi connectivity index (χ2v) is 9.90. The van der Waals surface area contributed by atoms with Crippen LogP contribution >= 0.6 is 0 Å². The molecule has 1 N–H and O–H groups in total. The van der Waals surface area contributed by atoms with E-state index < -0.39 is 10.0 Å². The summed E-state index contributed by atoms with van der Waals surface area (Å²) in [5.41, 5.74) is 5.96. The molecule has 3 rings (SSSR count). The van der Waals surface area contributed by atoms with Gasteiger partial charge in [-0.05, 0) is 36.5 Å². The maximum atomic E-state index is 13.1. The van der Waals surface area contributed by atoms with Gasteiger partial charge in [-0.15, -0.1) is 0 Å². The molecule has 2 aromatic carbocycles. The number of nitrogens with zero attached hydrogens (tertiary/aromatic N) is 2. The lowest BCUT2D eigenvalue weighted by molar-refractivity contribution is 0.361. The Labute approximate surface area is 173 Å². The minimum absolute atomic E-state index is 0.0199. The summed E-state index contributed by atoms with van der Waals surface area (Å²) < 4.78 is 27.8. The van der Waals surface area contributed by atoms with Crippen molar-refractivity contribution in [3.05, 3.63) is 77.1 Å². The first-order valence-electron chi connectivity index (χ1n) is 9.89. The predicted molar refractivity (Wildman–Crippen MR) is 118 cm³/mol. The number of aromatic amines is 1. The first-order valence-corrected chi connectivity index (χ1v) is 11.5. The van der Waals surface area contributed by atoms with Crippen LogP contribution in [0.15, 0.2) is 54.6 Å². The van der Waals surface area contributed by atoms with Gasteiger partial charge in [0.15, 0.2) is 0 Å². The van der Waals surface area contributed by atoms with Crippen LogP contribution in [0.25, 0.3) is 11.1 Å². The van der Waals surface area contributed by atoms with Crippen molar-refractivity contribution < 1.29 is 8.42 Å². The highest BCUT2D eigenvalue weighted by atomic mass is 32.2. The summed E-state index contributed by atoms with van der Waals surface area (Å²) in [6.45, 7) is 8.93. The van der Waals surface area contributed by atoms with Crippen molar-refractivity contribution in [2.24, 2.45) is 5.92 Å². The Morgan fingerprint density at radius 3 is 2.17 bits per heavy atom. The lowest BCUT2D eigenvalue weighted by Gasteiger charge is -2.24. The second-order valence-electron chi connectivity index (χ2n) is 7.93. The van der Waals surface area contributed by atoms with Crippen LogP contribution in [-0.2, 0) is 22.3 Å². The van der Waals surface area contributed by atoms with Crippen molar-refractivity contribution in [3.63, 3.8) is 0 Å².